The highest BCUT2D eigenvalue weighted by Gasteiger charge is 2.09. The summed E-state index contributed by atoms with van der Waals surface area (Å²) < 4.78 is 15.4. The molecular formula is C23H22FNO2. The van der Waals surface area contributed by atoms with Crippen molar-refractivity contribution in [1.29, 1.82) is 0 Å². The molecule has 0 aliphatic heterocycles. The maximum Gasteiger partial charge on any atom is 0.226 e. The number of hydrogen-bond acceptors (Lipinski definition) is 3. The van der Waals surface area contributed by atoms with Crippen molar-refractivity contribution in [2.75, 3.05) is 7.18 Å². The lowest BCUT2D eigenvalue weighted by atomic mass is 10.1. The Bertz CT molecular complexity index is 968. The van der Waals surface area contributed by atoms with Gasteiger partial charge in [-0.3, -0.25) is 9.18 Å². The molecule has 138 valence electrons. The lowest BCUT2D eigenvalue weighted by Gasteiger charge is -2.00. The molecule has 3 rings (SSSR count). The van der Waals surface area contributed by atoms with E-state index in [1.54, 1.807) is 12.2 Å². The number of alkyl halides is 1. The molecule has 0 atom stereocenters. The molecule has 0 N–H and O–H groups in total. The molecule has 0 amide bonds. The monoisotopic (exact) mass is 363 g/mol. The van der Waals surface area contributed by atoms with E-state index in [-0.39, 0.29) is 0 Å². The quantitative estimate of drug-likeness (QED) is 0.320. The number of benzene rings is 2. The van der Waals surface area contributed by atoms with Crippen molar-refractivity contribution < 1.29 is 13.6 Å². The molecule has 0 saturated heterocycles. The minimum absolute atomic E-state index is 0.403. The van der Waals surface area contributed by atoms with Crippen LogP contribution in [0.3, 0.4) is 0 Å². The van der Waals surface area contributed by atoms with E-state index < -0.39 is 0 Å². The van der Waals surface area contributed by atoms with Gasteiger partial charge in [-0.05, 0) is 42.7 Å². The molecule has 0 aliphatic rings. The molecule has 0 radical (unpaired) electrons. The molecule has 0 bridgehead atoms. The molecule has 2 aromatic carbocycles. The molecule has 1 heterocycles. The lowest BCUT2D eigenvalue weighted by Crippen LogP contribution is -1.86. The molecular weight excluding hydrogens is 341 g/mol. The summed E-state index contributed by atoms with van der Waals surface area (Å²) in [6, 6.07) is 16.4. The van der Waals surface area contributed by atoms with E-state index in [0.717, 1.165) is 23.1 Å². The summed E-state index contributed by atoms with van der Waals surface area (Å²) in [5.74, 6) is 0.532. The van der Waals surface area contributed by atoms with Crippen LogP contribution >= 0.6 is 0 Å². The molecule has 27 heavy (non-hydrogen) atoms. The summed E-state index contributed by atoms with van der Waals surface area (Å²) in [6.07, 6.45) is 6.89. The van der Waals surface area contributed by atoms with Crippen LogP contribution in [0, 0.1) is 0 Å². The molecule has 1 aromatic heterocycles. The van der Waals surface area contributed by atoms with Gasteiger partial charge < -0.3 is 4.42 Å². The number of allylic oxidation sites excluding steroid dienone is 5. The van der Waals surface area contributed by atoms with Gasteiger partial charge in [-0.2, -0.15) is 0 Å². The van der Waals surface area contributed by atoms with Gasteiger partial charge >= 0.3 is 0 Å². The highest BCUT2D eigenvalue weighted by atomic mass is 19.1. The Morgan fingerprint density at radius 1 is 1.11 bits per heavy atom. The predicted octanol–water partition coefficient (Wildman–Crippen LogP) is 5.72. The van der Waals surface area contributed by atoms with Gasteiger partial charge in [-0.1, -0.05) is 55.1 Å². The zero-order valence-corrected chi connectivity index (χ0v) is 15.5. The Morgan fingerprint density at radius 2 is 1.85 bits per heavy atom. The number of aromatic nitrogens is 1. The van der Waals surface area contributed by atoms with Gasteiger partial charge in [0.1, 0.15) is 11.8 Å². The van der Waals surface area contributed by atoms with Gasteiger partial charge in [0.25, 0.3) is 0 Å². The van der Waals surface area contributed by atoms with Gasteiger partial charge in [0.05, 0.1) is 7.18 Å². The Balaban J connectivity index is 0.00000126. The van der Waals surface area contributed by atoms with E-state index in [4.69, 9.17) is 4.42 Å². The smallest absolute Gasteiger partial charge is 0.226 e. The third-order valence-electron chi connectivity index (χ3n) is 3.89. The van der Waals surface area contributed by atoms with Crippen molar-refractivity contribution in [3.05, 3.63) is 95.9 Å². The maximum atomic E-state index is 10.7. The van der Waals surface area contributed by atoms with E-state index in [1.165, 1.54) is 11.1 Å². The minimum atomic E-state index is 0.403. The summed E-state index contributed by atoms with van der Waals surface area (Å²) in [5, 5.41) is 0. The van der Waals surface area contributed by atoms with Crippen LogP contribution in [0.1, 0.15) is 23.9 Å². The second-order valence-corrected chi connectivity index (χ2v) is 5.75. The largest absolute Gasteiger partial charge is 0.436 e. The number of aldehydes is 1. The molecule has 0 saturated carbocycles. The first-order valence-electron chi connectivity index (χ1n) is 8.49. The number of oxazole rings is 1. The highest BCUT2D eigenvalue weighted by Crippen LogP contribution is 2.24. The van der Waals surface area contributed by atoms with Crippen molar-refractivity contribution in [1.82, 2.24) is 4.98 Å². The Kier molecular flexibility index (Phi) is 7.44. The van der Waals surface area contributed by atoms with E-state index >= 15 is 0 Å². The first kappa shape index (κ1) is 20.0. The second-order valence-electron chi connectivity index (χ2n) is 5.75. The van der Waals surface area contributed by atoms with E-state index in [9.17, 15) is 9.18 Å². The first-order chi connectivity index (χ1) is 13.2. The van der Waals surface area contributed by atoms with Crippen molar-refractivity contribution in [2.24, 2.45) is 0 Å². The van der Waals surface area contributed by atoms with Crippen LogP contribution in [0.15, 0.2) is 83.3 Å². The molecule has 0 fully saturated rings. The van der Waals surface area contributed by atoms with Crippen molar-refractivity contribution >= 4 is 23.0 Å². The van der Waals surface area contributed by atoms with Crippen LogP contribution in [0.4, 0.5) is 4.39 Å². The fourth-order valence-corrected chi connectivity index (χ4v) is 2.56. The number of hydrogen-bond donors (Lipinski definition) is 0. The zero-order chi connectivity index (χ0) is 19.6. The van der Waals surface area contributed by atoms with Crippen molar-refractivity contribution in [3.8, 4) is 0 Å². The van der Waals surface area contributed by atoms with Crippen LogP contribution in [-0.2, 0) is 11.2 Å². The normalized spacial score (nSPS) is 11.3. The third-order valence-corrected chi connectivity index (χ3v) is 3.89. The number of halogens is 1. The van der Waals surface area contributed by atoms with Crippen molar-refractivity contribution in [2.45, 2.75) is 13.3 Å². The van der Waals surface area contributed by atoms with E-state index in [1.807, 2.05) is 43.3 Å². The second kappa shape index (κ2) is 10.0. The SMILES string of the molecule is C=C(C=O)/C=C\C(=C/C)c1nc2ccc(Cc3ccccc3)cc2o1.CF. The van der Waals surface area contributed by atoms with E-state index in [0.29, 0.717) is 24.9 Å². The molecule has 4 heteroatoms. The van der Waals surface area contributed by atoms with Crippen LogP contribution in [0.25, 0.3) is 16.7 Å². The van der Waals surface area contributed by atoms with Crippen LogP contribution in [0.5, 0.6) is 0 Å². The number of carbonyl (C=O) groups excluding carboxylic acids is 1. The highest BCUT2D eigenvalue weighted by molar-refractivity contribution is 5.81. The topological polar surface area (TPSA) is 43.1 Å². The van der Waals surface area contributed by atoms with Gasteiger partial charge in [0.2, 0.25) is 5.89 Å². The Labute approximate surface area is 158 Å². The summed E-state index contributed by atoms with van der Waals surface area (Å²) in [4.78, 5) is 15.2. The van der Waals surface area contributed by atoms with E-state index in [2.05, 4.69) is 29.8 Å². The van der Waals surface area contributed by atoms with Crippen molar-refractivity contribution in [3.63, 3.8) is 0 Å². The fraction of sp³-hybridized carbons (Fsp3) is 0.130. The van der Waals surface area contributed by atoms with Gasteiger partial charge in [0, 0.05) is 11.1 Å². The van der Waals surface area contributed by atoms with Crippen LogP contribution in [-0.4, -0.2) is 18.4 Å². The zero-order valence-electron chi connectivity index (χ0n) is 15.5. The van der Waals surface area contributed by atoms with Gasteiger partial charge in [-0.25, -0.2) is 4.98 Å². The Hall–Kier alpha value is -3.27. The maximum absolute atomic E-state index is 10.7. The summed E-state index contributed by atoms with van der Waals surface area (Å²) >= 11 is 0. The molecule has 3 aromatic rings. The number of carbonyl (C=O) groups is 1. The molecule has 0 spiro atoms. The predicted molar refractivity (Wildman–Crippen MR) is 108 cm³/mol. The van der Waals surface area contributed by atoms with Crippen LogP contribution in [0.2, 0.25) is 0 Å². The number of rotatable bonds is 6. The summed E-state index contributed by atoms with van der Waals surface area (Å²) in [6.45, 7) is 5.54. The van der Waals surface area contributed by atoms with Gasteiger partial charge in [-0.15, -0.1) is 0 Å². The molecule has 3 nitrogen and oxygen atoms in total. The minimum Gasteiger partial charge on any atom is -0.436 e. The van der Waals surface area contributed by atoms with Gasteiger partial charge in [0.15, 0.2) is 5.58 Å². The third kappa shape index (κ3) is 5.35. The molecule has 0 aliphatic carbocycles. The lowest BCUT2D eigenvalue weighted by molar-refractivity contribution is -0.104. The average Bonchev–Trinajstić information content (AvgIpc) is 3.13. The summed E-state index contributed by atoms with van der Waals surface area (Å²) in [7, 11) is 0.500. The summed E-state index contributed by atoms with van der Waals surface area (Å²) in [5.41, 5.74) is 5.21. The number of nitrogens with zero attached hydrogens (tertiary/aromatic N) is 1. The Morgan fingerprint density at radius 3 is 2.52 bits per heavy atom. The average molecular weight is 363 g/mol. The molecule has 0 unspecified atom stereocenters. The first-order valence-corrected chi connectivity index (χ1v) is 8.49. The number of fused-ring (bicyclic) bond motifs is 1. The van der Waals surface area contributed by atoms with Crippen LogP contribution < -0.4 is 0 Å². The standard InChI is InChI=1S/C22H19NO2.CH3F/c1-3-19(11-9-16(2)15-24)22-23-20-12-10-18(14-21(20)25-22)13-17-7-5-4-6-8-17;1-2/h3-12,14-15H,2,13H2,1H3;1H3/b11-9-,19-3+;. The fourth-order valence-electron chi connectivity index (χ4n) is 2.56.